The first kappa shape index (κ1) is 13.0. The first-order valence-corrected chi connectivity index (χ1v) is 6.88. The highest BCUT2D eigenvalue weighted by molar-refractivity contribution is 6.30. The summed E-state index contributed by atoms with van der Waals surface area (Å²) in [5, 5.41) is 3.57. The van der Waals surface area contributed by atoms with Crippen molar-refractivity contribution in [3.05, 3.63) is 58.6 Å². The Morgan fingerprint density at radius 1 is 1.15 bits per heavy atom. The lowest BCUT2D eigenvalue weighted by atomic mass is 10.0. The fourth-order valence-electron chi connectivity index (χ4n) is 2.23. The minimum absolute atomic E-state index is 0.0597. The fourth-order valence-corrected chi connectivity index (χ4v) is 2.45. The lowest BCUT2D eigenvalue weighted by molar-refractivity contribution is -0.116. The van der Waals surface area contributed by atoms with Crippen LogP contribution in [0.25, 0.3) is 0 Å². The number of anilines is 1. The number of carbonyl (C=O) groups excluding carboxylic acids is 1. The first-order chi connectivity index (χ1) is 9.70. The molecule has 0 atom stereocenters. The van der Waals surface area contributed by atoms with Crippen molar-refractivity contribution in [3.63, 3.8) is 0 Å². The Balaban J connectivity index is 1.72. The van der Waals surface area contributed by atoms with E-state index in [4.69, 9.17) is 16.3 Å². The third-order valence-electron chi connectivity index (χ3n) is 3.27. The molecule has 0 aromatic heterocycles. The van der Waals surface area contributed by atoms with Crippen LogP contribution in [0.15, 0.2) is 42.5 Å². The molecule has 2 aromatic rings. The van der Waals surface area contributed by atoms with Crippen LogP contribution in [-0.2, 0) is 17.8 Å². The number of fused-ring (bicyclic) bond motifs is 1. The van der Waals surface area contributed by atoms with Gasteiger partial charge >= 0.3 is 0 Å². The van der Waals surface area contributed by atoms with Crippen LogP contribution in [0.2, 0.25) is 5.02 Å². The molecule has 0 bridgehead atoms. The molecule has 1 N–H and O–H groups in total. The van der Waals surface area contributed by atoms with Crippen molar-refractivity contribution in [1.82, 2.24) is 0 Å². The molecule has 102 valence electrons. The molecule has 3 nitrogen and oxygen atoms in total. The predicted molar refractivity (Wildman–Crippen MR) is 79.2 cm³/mol. The summed E-state index contributed by atoms with van der Waals surface area (Å²) in [7, 11) is 0. The summed E-state index contributed by atoms with van der Waals surface area (Å²) in [6.07, 6.45) is 1.34. The van der Waals surface area contributed by atoms with Gasteiger partial charge < -0.3 is 10.1 Å². The van der Waals surface area contributed by atoms with Gasteiger partial charge in [-0.05, 0) is 35.7 Å². The van der Waals surface area contributed by atoms with Gasteiger partial charge in [-0.25, -0.2) is 0 Å². The number of aryl methyl sites for hydroxylation is 1. The topological polar surface area (TPSA) is 38.3 Å². The number of ether oxygens (including phenoxy) is 1. The zero-order valence-corrected chi connectivity index (χ0v) is 11.6. The molecule has 0 saturated heterocycles. The van der Waals surface area contributed by atoms with E-state index in [0.717, 1.165) is 29.0 Å². The highest BCUT2D eigenvalue weighted by Gasteiger charge is 2.14. The Kier molecular flexibility index (Phi) is 3.61. The first-order valence-electron chi connectivity index (χ1n) is 6.51. The molecule has 3 rings (SSSR count). The van der Waals surface area contributed by atoms with E-state index in [9.17, 15) is 4.79 Å². The maximum atomic E-state index is 11.4. The molecule has 1 aliphatic rings. The Morgan fingerprint density at radius 2 is 2.05 bits per heavy atom. The second-order valence-corrected chi connectivity index (χ2v) is 5.22. The summed E-state index contributed by atoms with van der Waals surface area (Å²) in [6, 6.07) is 13.4. The van der Waals surface area contributed by atoms with Crippen molar-refractivity contribution in [3.8, 4) is 5.75 Å². The Bertz CT molecular complexity index is 655. The Hall–Kier alpha value is -2.00. The van der Waals surface area contributed by atoms with Crippen LogP contribution >= 0.6 is 11.6 Å². The minimum atomic E-state index is 0.0597. The maximum absolute atomic E-state index is 11.4. The summed E-state index contributed by atoms with van der Waals surface area (Å²) < 4.78 is 5.74. The number of carbonyl (C=O) groups is 1. The third-order valence-corrected chi connectivity index (χ3v) is 3.51. The number of rotatable bonds is 3. The second kappa shape index (κ2) is 5.55. The highest BCUT2D eigenvalue weighted by atomic mass is 35.5. The summed E-state index contributed by atoms with van der Waals surface area (Å²) in [5.74, 6) is 0.801. The predicted octanol–water partition coefficient (Wildman–Crippen LogP) is 3.80. The lowest BCUT2D eigenvalue weighted by Gasteiger charge is -2.17. The molecule has 1 aliphatic heterocycles. The van der Waals surface area contributed by atoms with Crippen LogP contribution in [0, 0.1) is 0 Å². The Morgan fingerprint density at radius 3 is 2.90 bits per heavy atom. The van der Waals surface area contributed by atoms with E-state index >= 15 is 0 Å². The monoisotopic (exact) mass is 287 g/mol. The summed E-state index contributed by atoms with van der Waals surface area (Å²) >= 11 is 5.93. The average Bonchev–Trinajstić information content (AvgIpc) is 2.45. The smallest absolute Gasteiger partial charge is 0.224 e. The third kappa shape index (κ3) is 2.94. The quantitative estimate of drug-likeness (QED) is 0.932. The van der Waals surface area contributed by atoms with Gasteiger partial charge in [0.1, 0.15) is 12.4 Å². The molecule has 1 amide bonds. The van der Waals surface area contributed by atoms with Crippen molar-refractivity contribution < 1.29 is 9.53 Å². The van der Waals surface area contributed by atoms with Gasteiger partial charge in [-0.3, -0.25) is 4.79 Å². The molecule has 4 heteroatoms. The largest absolute Gasteiger partial charge is 0.489 e. The van der Waals surface area contributed by atoms with Gasteiger partial charge in [0.05, 0.1) is 0 Å². The van der Waals surface area contributed by atoms with Gasteiger partial charge in [-0.1, -0.05) is 29.8 Å². The van der Waals surface area contributed by atoms with E-state index < -0.39 is 0 Å². The zero-order valence-electron chi connectivity index (χ0n) is 10.9. The van der Waals surface area contributed by atoms with Gasteiger partial charge in [0.25, 0.3) is 0 Å². The van der Waals surface area contributed by atoms with Gasteiger partial charge in [-0.15, -0.1) is 0 Å². The molecule has 0 aliphatic carbocycles. The van der Waals surface area contributed by atoms with Crippen molar-refractivity contribution in [1.29, 1.82) is 0 Å². The number of nitrogens with one attached hydrogen (secondary N) is 1. The average molecular weight is 288 g/mol. The normalized spacial score (nSPS) is 13.6. The standard InChI is InChI=1S/C16H14ClNO2/c17-13-3-1-2-11(8-13)10-20-14-6-4-12-5-7-16(19)18-15(12)9-14/h1-4,6,8-9H,5,7,10H2,(H,18,19). The van der Waals surface area contributed by atoms with Crippen molar-refractivity contribution >= 4 is 23.2 Å². The van der Waals surface area contributed by atoms with E-state index in [0.29, 0.717) is 18.1 Å². The molecular formula is C16H14ClNO2. The van der Waals surface area contributed by atoms with Crippen molar-refractivity contribution in [2.75, 3.05) is 5.32 Å². The van der Waals surface area contributed by atoms with Crippen LogP contribution in [0.1, 0.15) is 17.5 Å². The van der Waals surface area contributed by atoms with Crippen molar-refractivity contribution in [2.24, 2.45) is 0 Å². The van der Waals surface area contributed by atoms with E-state index in [2.05, 4.69) is 5.32 Å². The number of halogens is 1. The summed E-state index contributed by atoms with van der Waals surface area (Å²) in [6.45, 7) is 0.452. The fraction of sp³-hybridized carbons (Fsp3) is 0.188. The van der Waals surface area contributed by atoms with Crippen LogP contribution < -0.4 is 10.1 Å². The van der Waals surface area contributed by atoms with Crippen molar-refractivity contribution in [2.45, 2.75) is 19.4 Å². The van der Waals surface area contributed by atoms with Gasteiger partial charge in [0.2, 0.25) is 5.91 Å². The summed E-state index contributed by atoms with van der Waals surface area (Å²) in [4.78, 5) is 11.4. The number of hydrogen-bond donors (Lipinski definition) is 1. The zero-order chi connectivity index (χ0) is 13.9. The van der Waals surface area contributed by atoms with Crippen LogP contribution in [-0.4, -0.2) is 5.91 Å². The molecule has 20 heavy (non-hydrogen) atoms. The van der Waals surface area contributed by atoms with Gasteiger partial charge in [-0.2, -0.15) is 0 Å². The van der Waals surface area contributed by atoms with Crippen LogP contribution in [0.3, 0.4) is 0 Å². The Labute approximate surface area is 122 Å². The molecule has 0 spiro atoms. The molecule has 0 unspecified atom stereocenters. The molecule has 0 radical (unpaired) electrons. The van der Waals surface area contributed by atoms with Gasteiger partial charge in [0.15, 0.2) is 0 Å². The molecular weight excluding hydrogens is 274 g/mol. The van der Waals surface area contributed by atoms with Gasteiger partial charge in [0, 0.05) is 23.2 Å². The maximum Gasteiger partial charge on any atom is 0.224 e. The van der Waals surface area contributed by atoms with E-state index in [-0.39, 0.29) is 5.91 Å². The van der Waals surface area contributed by atoms with E-state index in [1.165, 1.54) is 0 Å². The van der Waals surface area contributed by atoms with Crippen LogP contribution in [0.5, 0.6) is 5.75 Å². The molecule has 0 fully saturated rings. The van der Waals surface area contributed by atoms with E-state index in [1.807, 2.05) is 42.5 Å². The molecule has 0 saturated carbocycles. The number of benzene rings is 2. The molecule has 2 aromatic carbocycles. The van der Waals surface area contributed by atoms with E-state index in [1.54, 1.807) is 0 Å². The number of hydrogen-bond acceptors (Lipinski definition) is 2. The molecule has 1 heterocycles. The SMILES string of the molecule is O=C1CCc2ccc(OCc3cccc(Cl)c3)cc2N1. The van der Waals surface area contributed by atoms with Crippen LogP contribution in [0.4, 0.5) is 5.69 Å². The lowest BCUT2D eigenvalue weighted by Crippen LogP contribution is -2.18. The highest BCUT2D eigenvalue weighted by Crippen LogP contribution is 2.27. The summed E-state index contributed by atoms with van der Waals surface area (Å²) in [5.41, 5.74) is 3.02. The number of amides is 1. The minimum Gasteiger partial charge on any atom is -0.489 e. The second-order valence-electron chi connectivity index (χ2n) is 4.79.